The van der Waals surface area contributed by atoms with Crippen LogP contribution in [0.15, 0.2) is 36.7 Å². The number of methoxy groups -OCH3 is 1. The number of carbonyl (C=O) groups excluding carboxylic acids is 2. The van der Waals surface area contributed by atoms with Crippen molar-refractivity contribution in [2.24, 2.45) is 0 Å². The van der Waals surface area contributed by atoms with Crippen LogP contribution in [0.3, 0.4) is 0 Å². The van der Waals surface area contributed by atoms with Crippen LogP contribution in [0, 0.1) is 5.82 Å². The Labute approximate surface area is 214 Å². The van der Waals surface area contributed by atoms with Crippen molar-refractivity contribution < 1.29 is 23.5 Å². The fourth-order valence-corrected chi connectivity index (χ4v) is 5.05. The van der Waals surface area contributed by atoms with Crippen molar-refractivity contribution in [3.8, 4) is 22.8 Å². The molecule has 3 aromatic rings. The number of aldehydes is 1. The molecule has 4 N–H and O–H groups in total. The van der Waals surface area contributed by atoms with Gasteiger partial charge in [-0.3, -0.25) is 9.78 Å². The molecule has 0 spiro atoms. The molecule has 9 nitrogen and oxygen atoms in total. The van der Waals surface area contributed by atoms with Gasteiger partial charge in [0.15, 0.2) is 11.6 Å². The molecule has 2 aromatic heterocycles. The number of fused-ring (bicyclic) bond motifs is 1. The average Bonchev–Trinajstić information content (AvgIpc) is 3.56. The van der Waals surface area contributed by atoms with Crippen molar-refractivity contribution in [1.82, 2.24) is 20.6 Å². The number of para-hydroxylation sites is 1. The number of benzene rings is 1. The van der Waals surface area contributed by atoms with E-state index in [1.54, 1.807) is 24.5 Å². The highest BCUT2D eigenvalue weighted by Crippen LogP contribution is 2.44. The van der Waals surface area contributed by atoms with Crippen LogP contribution in [0.1, 0.15) is 47.7 Å². The number of halogens is 1. The average molecular weight is 508 g/mol. The Morgan fingerprint density at radius 3 is 2.97 bits per heavy atom. The Morgan fingerprint density at radius 1 is 1.30 bits per heavy atom. The zero-order chi connectivity index (χ0) is 25.8. The molecule has 1 fully saturated rings. The quantitative estimate of drug-likeness (QED) is 0.308. The summed E-state index contributed by atoms with van der Waals surface area (Å²) in [7, 11) is 1.39. The third kappa shape index (κ3) is 5.01. The molecular formula is C27H30FN5O4. The molecule has 5 rings (SSSR count). The number of anilines is 2. The normalized spacial score (nSPS) is 18.7. The number of hydrogen-bond donors (Lipinski definition) is 4. The van der Waals surface area contributed by atoms with E-state index >= 15 is 0 Å². The number of nitrogens with zero attached hydrogens (tertiary/aromatic N) is 1. The van der Waals surface area contributed by atoms with Crippen LogP contribution < -0.4 is 25.4 Å². The topological polar surface area (TPSA) is 117 Å². The molecule has 0 radical (unpaired) electrons. The predicted octanol–water partition coefficient (Wildman–Crippen LogP) is 3.90. The van der Waals surface area contributed by atoms with Crippen molar-refractivity contribution >= 4 is 23.6 Å². The van der Waals surface area contributed by atoms with Gasteiger partial charge in [-0.2, -0.15) is 0 Å². The lowest BCUT2D eigenvalue weighted by atomic mass is 9.92. The van der Waals surface area contributed by atoms with E-state index in [1.807, 2.05) is 6.07 Å². The second-order valence-corrected chi connectivity index (χ2v) is 9.24. The standard InChI is InChI=1S/C27H30FN5O4/c1-36-26-19(28)7-2-8-20(26)32-25-22-23(16(5-4-12-34)13-31-27(22)35)33-24(25)18-9-11-29-14-21(18)37-15-17-6-3-10-30-17/h2,7-9,11-12,14,16-17,30,32-33H,3-6,10,13,15H2,1H3,(H,31,35)/t16?,17-/m0/s1. The van der Waals surface area contributed by atoms with Crippen LogP contribution in [-0.2, 0) is 4.79 Å². The highest BCUT2D eigenvalue weighted by molar-refractivity contribution is 6.07. The van der Waals surface area contributed by atoms with Gasteiger partial charge in [0.05, 0.1) is 35.9 Å². The van der Waals surface area contributed by atoms with Crippen molar-refractivity contribution in [1.29, 1.82) is 0 Å². The van der Waals surface area contributed by atoms with E-state index < -0.39 is 5.82 Å². The molecule has 1 saturated heterocycles. The maximum absolute atomic E-state index is 14.5. The molecule has 37 heavy (non-hydrogen) atoms. The van der Waals surface area contributed by atoms with E-state index in [0.29, 0.717) is 59.9 Å². The summed E-state index contributed by atoms with van der Waals surface area (Å²) >= 11 is 0. The van der Waals surface area contributed by atoms with E-state index in [2.05, 4.69) is 25.9 Å². The minimum absolute atomic E-state index is 0.0376. The van der Waals surface area contributed by atoms with E-state index in [0.717, 1.165) is 31.4 Å². The lowest BCUT2D eigenvalue weighted by Gasteiger charge is -2.23. The molecule has 10 heteroatoms. The molecule has 0 saturated carbocycles. The second-order valence-electron chi connectivity index (χ2n) is 9.24. The SMILES string of the molecule is COc1c(F)cccc1Nc1c(-c2ccncc2OC[C@@H]2CCCN2)[nH]c2c1C(=O)NCC2CCC=O. The van der Waals surface area contributed by atoms with Crippen LogP contribution in [0.5, 0.6) is 11.5 Å². The van der Waals surface area contributed by atoms with Crippen LogP contribution in [0.2, 0.25) is 0 Å². The Morgan fingerprint density at radius 2 is 2.19 bits per heavy atom. The van der Waals surface area contributed by atoms with Crippen LogP contribution in [0.4, 0.5) is 15.8 Å². The summed E-state index contributed by atoms with van der Waals surface area (Å²) in [6, 6.07) is 6.65. The summed E-state index contributed by atoms with van der Waals surface area (Å²) in [6.07, 6.45) is 7.28. The Balaban J connectivity index is 1.62. The Bertz CT molecular complexity index is 1290. The van der Waals surface area contributed by atoms with Gasteiger partial charge in [-0.15, -0.1) is 0 Å². The third-order valence-electron chi connectivity index (χ3n) is 6.89. The monoisotopic (exact) mass is 507 g/mol. The highest BCUT2D eigenvalue weighted by atomic mass is 19.1. The molecule has 2 aliphatic heterocycles. The maximum Gasteiger partial charge on any atom is 0.255 e. The smallest absolute Gasteiger partial charge is 0.255 e. The van der Waals surface area contributed by atoms with Crippen LogP contribution in [-0.4, -0.2) is 55.0 Å². The summed E-state index contributed by atoms with van der Waals surface area (Å²) in [5, 5.41) is 9.61. The van der Waals surface area contributed by atoms with Gasteiger partial charge in [-0.1, -0.05) is 6.07 Å². The Hall–Kier alpha value is -3.92. The maximum atomic E-state index is 14.5. The van der Waals surface area contributed by atoms with Crippen LogP contribution >= 0.6 is 0 Å². The second kappa shape index (κ2) is 11.0. The first-order valence-corrected chi connectivity index (χ1v) is 12.5. The summed E-state index contributed by atoms with van der Waals surface area (Å²) in [6.45, 7) is 1.87. The first kappa shape index (κ1) is 24.8. The summed E-state index contributed by atoms with van der Waals surface area (Å²) < 4.78 is 26.0. The van der Waals surface area contributed by atoms with Gasteiger partial charge in [0, 0.05) is 42.4 Å². The number of rotatable bonds is 10. The fourth-order valence-electron chi connectivity index (χ4n) is 5.05. The first-order chi connectivity index (χ1) is 18.1. The zero-order valence-electron chi connectivity index (χ0n) is 20.6. The lowest BCUT2D eigenvalue weighted by molar-refractivity contribution is -0.108. The van der Waals surface area contributed by atoms with Gasteiger partial charge in [0.2, 0.25) is 0 Å². The molecular weight excluding hydrogens is 477 g/mol. The minimum Gasteiger partial charge on any atom is -0.492 e. The van der Waals surface area contributed by atoms with Gasteiger partial charge in [0.25, 0.3) is 5.91 Å². The molecule has 2 aliphatic rings. The van der Waals surface area contributed by atoms with Crippen molar-refractivity contribution in [2.75, 3.05) is 32.1 Å². The predicted molar refractivity (Wildman–Crippen MR) is 137 cm³/mol. The van der Waals surface area contributed by atoms with Gasteiger partial charge in [-0.05, 0) is 44.0 Å². The van der Waals surface area contributed by atoms with Gasteiger partial charge >= 0.3 is 0 Å². The molecule has 2 atom stereocenters. The molecule has 1 amide bonds. The van der Waals surface area contributed by atoms with E-state index in [9.17, 15) is 14.0 Å². The molecule has 4 heterocycles. The van der Waals surface area contributed by atoms with E-state index in [1.165, 1.54) is 13.2 Å². The van der Waals surface area contributed by atoms with Crippen molar-refractivity contribution in [3.63, 3.8) is 0 Å². The number of H-pyrrole nitrogens is 1. The number of carbonyl (C=O) groups is 2. The summed E-state index contributed by atoms with van der Waals surface area (Å²) in [5.74, 6) is -0.270. The first-order valence-electron chi connectivity index (χ1n) is 12.5. The summed E-state index contributed by atoms with van der Waals surface area (Å²) in [5.41, 5.74) is 3.31. The molecule has 194 valence electrons. The van der Waals surface area contributed by atoms with Gasteiger partial charge < -0.3 is 35.2 Å². The van der Waals surface area contributed by atoms with Gasteiger partial charge in [-0.25, -0.2) is 4.39 Å². The fraction of sp³-hybridized carbons (Fsp3) is 0.370. The number of aromatic nitrogens is 2. The zero-order valence-corrected chi connectivity index (χ0v) is 20.6. The van der Waals surface area contributed by atoms with E-state index in [4.69, 9.17) is 9.47 Å². The Kier molecular flexibility index (Phi) is 7.36. The van der Waals surface area contributed by atoms with Crippen molar-refractivity contribution in [2.45, 2.75) is 37.6 Å². The lowest BCUT2D eigenvalue weighted by Crippen LogP contribution is -2.35. The van der Waals surface area contributed by atoms with Crippen LogP contribution in [0.25, 0.3) is 11.3 Å². The number of hydrogen-bond acceptors (Lipinski definition) is 7. The minimum atomic E-state index is -0.524. The summed E-state index contributed by atoms with van der Waals surface area (Å²) in [4.78, 5) is 32.0. The number of nitrogens with one attached hydrogen (secondary N) is 4. The van der Waals surface area contributed by atoms with E-state index in [-0.39, 0.29) is 23.6 Å². The molecule has 0 aliphatic carbocycles. The third-order valence-corrected chi connectivity index (χ3v) is 6.89. The van der Waals surface area contributed by atoms with Crippen molar-refractivity contribution in [3.05, 3.63) is 53.7 Å². The van der Waals surface area contributed by atoms with Gasteiger partial charge in [0.1, 0.15) is 18.6 Å². The molecule has 1 aromatic carbocycles. The molecule has 0 bridgehead atoms. The number of pyridine rings is 1. The molecule has 1 unspecified atom stereocenters. The number of ether oxygens (including phenoxy) is 2. The number of aromatic amines is 1. The largest absolute Gasteiger partial charge is 0.492 e. The number of amides is 1. The highest BCUT2D eigenvalue weighted by Gasteiger charge is 2.33.